The van der Waals surface area contributed by atoms with Crippen molar-refractivity contribution in [2.75, 3.05) is 5.73 Å². The van der Waals surface area contributed by atoms with Gasteiger partial charge in [-0.15, -0.1) is 0 Å². The fourth-order valence-corrected chi connectivity index (χ4v) is 1.88. The topological polar surface area (TPSA) is 51.3 Å². The second kappa shape index (κ2) is 6.66. The molecule has 0 bridgehead atoms. The Kier molecular flexibility index (Phi) is 4.66. The van der Waals surface area contributed by atoms with Crippen LogP contribution in [0.2, 0.25) is 0 Å². The number of nitrogens with zero attached hydrogens (tertiary/aromatic N) is 2. The lowest BCUT2D eigenvalue weighted by atomic mass is 10.2. The Labute approximate surface area is 119 Å². The maximum absolute atomic E-state index is 5.87. The zero-order valence-corrected chi connectivity index (χ0v) is 11.7. The van der Waals surface area contributed by atoms with Gasteiger partial charge in [-0.2, -0.15) is 0 Å². The van der Waals surface area contributed by atoms with Gasteiger partial charge in [0.25, 0.3) is 0 Å². The average Bonchev–Trinajstić information content (AvgIpc) is 2.47. The number of benzene rings is 1. The van der Waals surface area contributed by atoms with Crippen molar-refractivity contribution >= 4 is 17.6 Å². The van der Waals surface area contributed by atoms with E-state index in [0.717, 1.165) is 29.8 Å². The molecule has 0 spiro atoms. The Balaban J connectivity index is 2.16. The standard InChI is InChI=1S/C17H19N3/c1-3-7-15-9-6-11-17(20-15)13(2)19-12-14-8-4-5-10-16(14)18/h4-6,8-12H,2-3,7,18H2,1H3. The molecular formula is C17H19N3. The average molecular weight is 265 g/mol. The molecule has 3 heteroatoms. The van der Waals surface area contributed by atoms with Gasteiger partial charge >= 0.3 is 0 Å². The highest BCUT2D eigenvalue weighted by Gasteiger charge is 2.01. The van der Waals surface area contributed by atoms with Gasteiger partial charge in [0.2, 0.25) is 0 Å². The Morgan fingerprint density at radius 2 is 2.05 bits per heavy atom. The lowest BCUT2D eigenvalue weighted by Gasteiger charge is -2.03. The summed E-state index contributed by atoms with van der Waals surface area (Å²) < 4.78 is 0. The molecule has 1 aromatic carbocycles. The summed E-state index contributed by atoms with van der Waals surface area (Å²) in [6, 6.07) is 13.5. The van der Waals surface area contributed by atoms with Crippen LogP contribution in [0.4, 0.5) is 5.69 Å². The van der Waals surface area contributed by atoms with Crippen LogP contribution in [0, 0.1) is 0 Å². The number of anilines is 1. The van der Waals surface area contributed by atoms with Gasteiger partial charge in [-0.1, -0.05) is 44.2 Å². The molecule has 2 aromatic rings. The Hall–Kier alpha value is -2.42. The number of pyridine rings is 1. The van der Waals surface area contributed by atoms with Crippen molar-refractivity contribution in [1.82, 2.24) is 4.98 Å². The van der Waals surface area contributed by atoms with E-state index in [-0.39, 0.29) is 0 Å². The number of rotatable bonds is 5. The van der Waals surface area contributed by atoms with Crippen LogP contribution in [0.3, 0.4) is 0 Å². The zero-order chi connectivity index (χ0) is 14.4. The summed E-state index contributed by atoms with van der Waals surface area (Å²) in [5.41, 5.74) is 9.99. The van der Waals surface area contributed by atoms with Crippen LogP contribution < -0.4 is 5.73 Å². The van der Waals surface area contributed by atoms with E-state index in [1.54, 1.807) is 6.21 Å². The van der Waals surface area contributed by atoms with E-state index in [9.17, 15) is 0 Å². The molecule has 0 aliphatic carbocycles. The zero-order valence-electron chi connectivity index (χ0n) is 11.7. The molecule has 0 amide bonds. The van der Waals surface area contributed by atoms with Gasteiger partial charge < -0.3 is 5.73 Å². The lowest BCUT2D eigenvalue weighted by molar-refractivity contribution is 0.879. The summed E-state index contributed by atoms with van der Waals surface area (Å²) in [6.45, 7) is 6.11. The fourth-order valence-electron chi connectivity index (χ4n) is 1.88. The molecule has 2 N–H and O–H groups in total. The van der Waals surface area contributed by atoms with E-state index in [1.807, 2.05) is 42.5 Å². The van der Waals surface area contributed by atoms with Gasteiger partial charge in [0, 0.05) is 23.2 Å². The van der Waals surface area contributed by atoms with Gasteiger partial charge in [0.05, 0.1) is 11.4 Å². The minimum atomic E-state index is 0.645. The highest BCUT2D eigenvalue weighted by Crippen LogP contribution is 2.14. The molecular weight excluding hydrogens is 246 g/mol. The normalized spacial score (nSPS) is 10.8. The molecule has 0 radical (unpaired) electrons. The van der Waals surface area contributed by atoms with Crippen LogP contribution in [0.5, 0.6) is 0 Å². The minimum absolute atomic E-state index is 0.645. The summed E-state index contributed by atoms with van der Waals surface area (Å²) >= 11 is 0. The molecule has 1 aromatic heterocycles. The van der Waals surface area contributed by atoms with Crippen LogP contribution in [-0.4, -0.2) is 11.2 Å². The highest BCUT2D eigenvalue weighted by atomic mass is 14.8. The van der Waals surface area contributed by atoms with Crippen molar-refractivity contribution in [2.45, 2.75) is 19.8 Å². The van der Waals surface area contributed by atoms with Crippen LogP contribution in [0.25, 0.3) is 5.70 Å². The highest BCUT2D eigenvalue weighted by molar-refractivity contribution is 5.89. The Morgan fingerprint density at radius 1 is 1.25 bits per heavy atom. The molecule has 0 aliphatic rings. The number of aliphatic imine (C=N–C) groups is 1. The van der Waals surface area contributed by atoms with E-state index in [0.29, 0.717) is 11.4 Å². The van der Waals surface area contributed by atoms with Gasteiger partial charge in [-0.25, -0.2) is 0 Å². The van der Waals surface area contributed by atoms with Gasteiger partial charge in [-0.05, 0) is 24.6 Å². The maximum Gasteiger partial charge on any atom is 0.0883 e. The van der Waals surface area contributed by atoms with Gasteiger partial charge in [0.15, 0.2) is 0 Å². The molecule has 0 saturated heterocycles. The van der Waals surface area contributed by atoms with Crippen molar-refractivity contribution in [1.29, 1.82) is 0 Å². The van der Waals surface area contributed by atoms with Gasteiger partial charge in [-0.3, -0.25) is 9.98 Å². The number of nitrogen functional groups attached to an aromatic ring is 1. The fraction of sp³-hybridized carbons (Fsp3) is 0.176. The third kappa shape index (κ3) is 3.54. The third-order valence-corrected chi connectivity index (χ3v) is 2.96. The van der Waals surface area contributed by atoms with E-state index >= 15 is 0 Å². The third-order valence-electron chi connectivity index (χ3n) is 2.96. The van der Waals surface area contributed by atoms with Crippen molar-refractivity contribution < 1.29 is 0 Å². The molecule has 0 saturated carbocycles. The van der Waals surface area contributed by atoms with Crippen molar-refractivity contribution in [3.05, 3.63) is 66.0 Å². The summed E-state index contributed by atoms with van der Waals surface area (Å²) in [5.74, 6) is 0. The Morgan fingerprint density at radius 3 is 2.80 bits per heavy atom. The number of aryl methyl sites for hydroxylation is 1. The first-order valence-corrected chi connectivity index (χ1v) is 6.74. The molecule has 0 unspecified atom stereocenters. The largest absolute Gasteiger partial charge is 0.398 e. The van der Waals surface area contributed by atoms with Crippen LogP contribution in [0.1, 0.15) is 30.3 Å². The number of para-hydroxylation sites is 1. The van der Waals surface area contributed by atoms with E-state index in [1.165, 1.54) is 0 Å². The van der Waals surface area contributed by atoms with E-state index < -0.39 is 0 Å². The first-order valence-electron chi connectivity index (χ1n) is 6.74. The second-order valence-corrected chi connectivity index (χ2v) is 4.60. The summed E-state index contributed by atoms with van der Waals surface area (Å²) in [4.78, 5) is 8.92. The van der Waals surface area contributed by atoms with Crippen LogP contribution >= 0.6 is 0 Å². The molecule has 0 aliphatic heterocycles. The predicted octanol–water partition coefficient (Wildman–Crippen LogP) is 3.71. The second-order valence-electron chi connectivity index (χ2n) is 4.60. The number of aromatic nitrogens is 1. The quantitative estimate of drug-likeness (QED) is 0.662. The molecule has 20 heavy (non-hydrogen) atoms. The summed E-state index contributed by atoms with van der Waals surface area (Å²) in [7, 11) is 0. The number of hydrogen-bond acceptors (Lipinski definition) is 3. The van der Waals surface area contributed by atoms with E-state index in [2.05, 4.69) is 23.5 Å². The first-order chi connectivity index (χ1) is 9.70. The van der Waals surface area contributed by atoms with Crippen LogP contribution in [-0.2, 0) is 6.42 Å². The lowest BCUT2D eigenvalue weighted by Crippen LogP contribution is -1.95. The monoisotopic (exact) mass is 265 g/mol. The van der Waals surface area contributed by atoms with E-state index in [4.69, 9.17) is 5.73 Å². The Bertz CT molecular complexity index is 630. The molecule has 1 heterocycles. The van der Waals surface area contributed by atoms with Gasteiger partial charge in [0.1, 0.15) is 0 Å². The first kappa shape index (κ1) is 14.0. The predicted molar refractivity (Wildman–Crippen MR) is 85.7 cm³/mol. The van der Waals surface area contributed by atoms with Crippen molar-refractivity contribution in [3.63, 3.8) is 0 Å². The smallest absolute Gasteiger partial charge is 0.0883 e. The van der Waals surface area contributed by atoms with Crippen molar-refractivity contribution in [2.24, 2.45) is 4.99 Å². The summed E-state index contributed by atoms with van der Waals surface area (Å²) in [5, 5.41) is 0. The molecule has 0 atom stereocenters. The number of hydrogen-bond donors (Lipinski definition) is 1. The van der Waals surface area contributed by atoms with Crippen LogP contribution in [0.15, 0.2) is 54.0 Å². The molecule has 2 rings (SSSR count). The minimum Gasteiger partial charge on any atom is -0.398 e. The summed E-state index contributed by atoms with van der Waals surface area (Å²) in [6.07, 6.45) is 3.77. The molecule has 3 nitrogen and oxygen atoms in total. The molecule has 0 fully saturated rings. The number of nitrogens with two attached hydrogens (primary N) is 1. The maximum atomic E-state index is 5.87. The van der Waals surface area contributed by atoms with Crippen molar-refractivity contribution in [3.8, 4) is 0 Å². The molecule has 102 valence electrons. The SMILES string of the molecule is C=C(N=Cc1ccccc1N)c1cccc(CCC)n1.